The van der Waals surface area contributed by atoms with Crippen LogP contribution in [0.4, 0.5) is 5.69 Å². The number of nitrogens with zero attached hydrogens (tertiary/aromatic N) is 1. The van der Waals surface area contributed by atoms with Crippen molar-refractivity contribution in [2.24, 2.45) is 5.92 Å². The van der Waals surface area contributed by atoms with E-state index in [1.807, 2.05) is 12.1 Å². The number of hydrogen-bond acceptors (Lipinski definition) is 3. The molecule has 0 radical (unpaired) electrons. The number of hydrogen-bond donors (Lipinski definition) is 1. The molecule has 0 amide bonds. The van der Waals surface area contributed by atoms with E-state index in [1.54, 1.807) is 7.11 Å². The van der Waals surface area contributed by atoms with Gasteiger partial charge in [-0.2, -0.15) is 0 Å². The zero-order valence-electron chi connectivity index (χ0n) is 13.5. The van der Waals surface area contributed by atoms with Crippen LogP contribution in [-0.4, -0.2) is 32.3 Å². The number of anilines is 1. The number of halogens is 1. The zero-order chi connectivity index (χ0) is 15.4. The van der Waals surface area contributed by atoms with Crippen molar-refractivity contribution in [2.45, 2.75) is 45.7 Å². The predicted molar refractivity (Wildman–Crippen MR) is 90.7 cm³/mol. The van der Waals surface area contributed by atoms with Gasteiger partial charge in [0.25, 0.3) is 0 Å². The first kappa shape index (κ1) is 16.4. The smallest absolute Gasteiger partial charge is 0.137 e. The minimum absolute atomic E-state index is 0.502. The van der Waals surface area contributed by atoms with Crippen molar-refractivity contribution in [1.29, 1.82) is 0 Å². The standard InChI is InChI=1S/C17H27ClN2O/c1-5-6-13-11-20(16(10-19-13)12(2)3)14-7-8-17(21-4)15(18)9-14/h7-9,12-13,16,19H,5-6,10-11H2,1-4H3. The minimum atomic E-state index is 0.502. The third-order valence-electron chi connectivity index (χ3n) is 4.31. The largest absolute Gasteiger partial charge is 0.495 e. The van der Waals surface area contributed by atoms with Gasteiger partial charge in [-0.1, -0.05) is 38.8 Å². The summed E-state index contributed by atoms with van der Waals surface area (Å²) in [5.41, 5.74) is 1.20. The number of rotatable bonds is 5. The fourth-order valence-electron chi connectivity index (χ4n) is 3.10. The van der Waals surface area contributed by atoms with Gasteiger partial charge in [0.2, 0.25) is 0 Å². The minimum Gasteiger partial charge on any atom is -0.495 e. The highest BCUT2D eigenvalue weighted by Gasteiger charge is 2.29. The van der Waals surface area contributed by atoms with Crippen LogP contribution in [0.5, 0.6) is 5.75 Å². The topological polar surface area (TPSA) is 24.5 Å². The molecule has 1 aliphatic heterocycles. The molecule has 1 fully saturated rings. The van der Waals surface area contributed by atoms with Crippen LogP contribution in [0, 0.1) is 5.92 Å². The van der Waals surface area contributed by atoms with Crippen LogP contribution in [0.3, 0.4) is 0 Å². The van der Waals surface area contributed by atoms with Crippen molar-refractivity contribution in [2.75, 3.05) is 25.1 Å². The molecule has 2 atom stereocenters. The first-order chi connectivity index (χ1) is 10.1. The Morgan fingerprint density at radius 1 is 1.43 bits per heavy atom. The lowest BCUT2D eigenvalue weighted by atomic mass is 9.96. The number of methoxy groups -OCH3 is 1. The summed E-state index contributed by atoms with van der Waals surface area (Å²) in [4.78, 5) is 2.51. The molecule has 118 valence electrons. The van der Waals surface area contributed by atoms with E-state index in [2.05, 4.69) is 37.1 Å². The van der Waals surface area contributed by atoms with Gasteiger partial charge >= 0.3 is 0 Å². The van der Waals surface area contributed by atoms with E-state index in [-0.39, 0.29) is 0 Å². The first-order valence-corrected chi connectivity index (χ1v) is 8.28. The average Bonchev–Trinajstić information content (AvgIpc) is 2.47. The molecule has 1 aromatic carbocycles. The lowest BCUT2D eigenvalue weighted by Gasteiger charge is -2.44. The molecule has 21 heavy (non-hydrogen) atoms. The molecule has 2 rings (SSSR count). The molecule has 0 bridgehead atoms. The maximum Gasteiger partial charge on any atom is 0.137 e. The first-order valence-electron chi connectivity index (χ1n) is 7.90. The van der Waals surface area contributed by atoms with Gasteiger partial charge in [-0.05, 0) is 30.5 Å². The van der Waals surface area contributed by atoms with Crippen LogP contribution in [0.1, 0.15) is 33.6 Å². The van der Waals surface area contributed by atoms with Crippen molar-refractivity contribution in [1.82, 2.24) is 5.32 Å². The van der Waals surface area contributed by atoms with Crippen molar-refractivity contribution in [3.63, 3.8) is 0 Å². The van der Waals surface area contributed by atoms with Crippen molar-refractivity contribution >= 4 is 17.3 Å². The average molecular weight is 311 g/mol. The van der Waals surface area contributed by atoms with Crippen LogP contribution in [0.25, 0.3) is 0 Å². The Labute approximate surface area is 133 Å². The molecule has 2 unspecified atom stereocenters. The van der Waals surface area contributed by atoms with Gasteiger partial charge in [0.05, 0.1) is 12.1 Å². The molecule has 4 heteroatoms. The van der Waals surface area contributed by atoms with E-state index in [0.29, 0.717) is 23.0 Å². The molecule has 1 aliphatic rings. The van der Waals surface area contributed by atoms with E-state index >= 15 is 0 Å². The summed E-state index contributed by atoms with van der Waals surface area (Å²) in [6.45, 7) is 8.88. The lowest BCUT2D eigenvalue weighted by Crippen LogP contribution is -2.58. The van der Waals surface area contributed by atoms with Gasteiger partial charge in [0.15, 0.2) is 0 Å². The third kappa shape index (κ3) is 3.83. The lowest BCUT2D eigenvalue weighted by molar-refractivity contribution is 0.327. The second-order valence-corrected chi connectivity index (χ2v) is 6.58. The molecule has 1 N–H and O–H groups in total. The Balaban J connectivity index is 2.24. The molecule has 0 saturated carbocycles. The van der Waals surface area contributed by atoms with Crippen molar-refractivity contribution in [3.05, 3.63) is 23.2 Å². The zero-order valence-corrected chi connectivity index (χ0v) is 14.3. The van der Waals surface area contributed by atoms with E-state index in [9.17, 15) is 0 Å². The van der Waals surface area contributed by atoms with Crippen LogP contribution in [0.15, 0.2) is 18.2 Å². The predicted octanol–water partition coefficient (Wildman–Crippen LogP) is 3.95. The normalized spacial score (nSPS) is 22.7. The van der Waals surface area contributed by atoms with E-state index in [0.717, 1.165) is 18.8 Å². The number of piperazine rings is 1. The Morgan fingerprint density at radius 3 is 2.76 bits per heavy atom. The summed E-state index contributed by atoms with van der Waals surface area (Å²) in [5.74, 6) is 1.34. The molecule has 1 saturated heterocycles. The second kappa shape index (κ2) is 7.37. The van der Waals surface area contributed by atoms with E-state index < -0.39 is 0 Å². The summed E-state index contributed by atoms with van der Waals surface area (Å²) in [6.07, 6.45) is 2.42. The Kier molecular flexibility index (Phi) is 5.77. The van der Waals surface area contributed by atoms with Gasteiger partial charge in [0.1, 0.15) is 5.75 Å². The van der Waals surface area contributed by atoms with Crippen LogP contribution < -0.4 is 15.0 Å². The van der Waals surface area contributed by atoms with Crippen molar-refractivity contribution < 1.29 is 4.74 Å². The third-order valence-corrected chi connectivity index (χ3v) is 4.60. The van der Waals surface area contributed by atoms with Gasteiger partial charge < -0.3 is 15.0 Å². The molecule has 1 heterocycles. The Morgan fingerprint density at radius 2 is 2.19 bits per heavy atom. The van der Waals surface area contributed by atoms with Gasteiger partial charge in [-0.15, -0.1) is 0 Å². The molecule has 0 spiro atoms. The maximum absolute atomic E-state index is 6.31. The number of ether oxygens (including phenoxy) is 1. The number of nitrogens with one attached hydrogen (secondary N) is 1. The Hall–Kier alpha value is -0.930. The van der Waals surface area contributed by atoms with Crippen LogP contribution in [-0.2, 0) is 0 Å². The van der Waals surface area contributed by atoms with Gasteiger partial charge in [-0.3, -0.25) is 0 Å². The van der Waals surface area contributed by atoms with E-state index in [4.69, 9.17) is 16.3 Å². The summed E-state index contributed by atoms with van der Waals surface area (Å²) < 4.78 is 5.26. The SMILES string of the molecule is CCCC1CN(c2ccc(OC)c(Cl)c2)C(C(C)C)CN1. The van der Waals surface area contributed by atoms with E-state index in [1.165, 1.54) is 18.5 Å². The summed E-state index contributed by atoms with van der Waals surface area (Å²) in [6, 6.07) is 7.18. The highest BCUT2D eigenvalue weighted by atomic mass is 35.5. The Bertz CT molecular complexity index is 464. The summed E-state index contributed by atoms with van der Waals surface area (Å²) in [5, 5.41) is 4.37. The van der Waals surface area contributed by atoms with Crippen LogP contribution in [0.2, 0.25) is 5.02 Å². The molecule has 0 aromatic heterocycles. The molecule has 1 aromatic rings. The fourth-order valence-corrected chi connectivity index (χ4v) is 3.36. The monoisotopic (exact) mass is 310 g/mol. The van der Waals surface area contributed by atoms with Crippen LogP contribution >= 0.6 is 11.6 Å². The molecule has 3 nitrogen and oxygen atoms in total. The second-order valence-electron chi connectivity index (χ2n) is 6.18. The quantitative estimate of drug-likeness (QED) is 0.891. The fraction of sp³-hybridized carbons (Fsp3) is 0.647. The molecular weight excluding hydrogens is 284 g/mol. The van der Waals surface area contributed by atoms with Crippen molar-refractivity contribution in [3.8, 4) is 5.75 Å². The summed E-state index contributed by atoms with van der Waals surface area (Å²) >= 11 is 6.31. The van der Waals surface area contributed by atoms with Gasteiger partial charge in [-0.25, -0.2) is 0 Å². The highest BCUT2D eigenvalue weighted by molar-refractivity contribution is 6.32. The molecule has 0 aliphatic carbocycles. The highest BCUT2D eigenvalue weighted by Crippen LogP contribution is 2.32. The molecular formula is C17H27ClN2O. The maximum atomic E-state index is 6.31. The summed E-state index contributed by atoms with van der Waals surface area (Å²) in [7, 11) is 1.65. The van der Waals surface area contributed by atoms with Gasteiger partial charge in [0, 0.05) is 30.9 Å². The number of benzene rings is 1.